The van der Waals surface area contributed by atoms with E-state index in [1.807, 2.05) is 6.20 Å². The van der Waals surface area contributed by atoms with Crippen LogP contribution < -0.4 is 0 Å². The van der Waals surface area contributed by atoms with Crippen molar-refractivity contribution < 1.29 is 9.90 Å². The van der Waals surface area contributed by atoms with Crippen LogP contribution in [0, 0.1) is 0 Å². The molecule has 1 fully saturated rings. The van der Waals surface area contributed by atoms with Crippen molar-refractivity contribution in [1.82, 2.24) is 19.6 Å². The van der Waals surface area contributed by atoms with Gasteiger partial charge < -0.3 is 5.11 Å². The molecule has 0 atom stereocenters. The highest BCUT2D eigenvalue weighted by Crippen LogP contribution is 2.33. The van der Waals surface area contributed by atoms with Crippen LogP contribution in [-0.4, -0.2) is 30.7 Å². The molecule has 2 aromatic rings. The van der Waals surface area contributed by atoms with E-state index in [9.17, 15) is 4.79 Å². The first-order chi connectivity index (χ1) is 8.24. The van der Waals surface area contributed by atoms with Gasteiger partial charge in [-0.3, -0.25) is 0 Å². The van der Waals surface area contributed by atoms with Gasteiger partial charge in [0.2, 0.25) is 0 Å². The fourth-order valence-corrected chi connectivity index (χ4v) is 2.36. The van der Waals surface area contributed by atoms with E-state index in [0.717, 1.165) is 5.56 Å². The third-order valence-corrected chi connectivity index (χ3v) is 3.23. The van der Waals surface area contributed by atoms with Gasteiger partial charge in [-0.15, -0.1) is 5.10 Å². The van der Waals surface area contributed by atoms with Crippen molar-refractivity contribution in [3.8, 4) is 0 Å². The van der Waals surface area contributed by atoms with E-state index in [2.05, 4.69) is 15.1 Å². The van der Waals surface area contributed by atoms with Crippen LogP contribution in [0.25, 0.3) is 5.78 Å². The van der Waals surface area contributed by atoms with Gasteiger partial charge in [-0.1, -0.05) is 12.8 Å². The Morgan fingerprint density at radius 2 is 2.18 bits per heavy atom. The Bertz CT molecular complexity index is 572. The lowest BCUT2D eigenvalue weighted by atomic mass is 10.0. The van der Waals surface area contributed by atoms with Gasteiger partial charge in [-0.2, -0.15) is 4.98 Å². The fraction of sp³-hybridized carbons (Fsp3) is 0.455. The summed E-state index contributed by atoms with van der Waals surface area (Å²) in [5, 5.41) is 12.7. The van der Waals surface area contributed by atoms with Crippen molar-refractivity contribution in [2.24, 2.45) is 0 Å². The van der Waals surface area contributed by atoms with Crippen molar-refractivity contribution in [3.05, 3.63) is 23.8 Å². The molecule has 0 aliphatic heterocycles. The van der Waals surface area contributed by atoms with Crippen LogP contribution in [0.5, 0.6) is 0 Å². The number of carboxylic acids is 1. The van der Waals surface area contributed by atoms with Crippen LogP contribution in [0.3, 0.4) is 0 Å². The van der Waals surface area contributed by atoms with E-state index in [-0.39, 0.29) is 5.82 Å². The standard InChI is InChI=1S/C11H12N4O2/c16-10(17)9-13-11-12-5-8(6-15(11)14-9)7-3-1-2-4-7/h5-7H,1-4H2,(H,16,17). The summed E-state index contributed by atoms with van der Waals surface area (Å²) in [5.41, 5.74) is 1.12. The van der Waals surface area contributed by atoms with Gasteiger partial charge in [0, 0.05) is 12.4 Å². The number of hydrogen-bond acceptors (Lipinski definition) is 4. The molecule has 3 rings (SSSR count). The van der Waals surface area contributed by atoms with E-state index < -0.39 is 5.97 Å². The lowest BCUT2D eigenvalue weighted by Crippen LogP contribution is -2.00. The molecule has 0 aromatic carbocycles. The minimum Gasteiger partial charge on any atom is -0.475 e. The number of nitrogens with zero attached hydrogens (tertiary/aromatic N) is 4. The zero-order valence-electron chi connectivity index (χ0n) is 9.20. The number of carbonyl (C=O) groups is 1. The average molecular weight is 232 g/mol. The molecule has 1 saturated carbocycles. The molecule has 88 valence electrons. The second kappa shape index (κ2) is 3.80. The maximum Gasteiger partial charge on any atom is 0.375 e. The summed E-state index contributed by atoms with van der Waals surface area (Å²) in [6, 6.07) is 0. The molecule has 17 heavy (non-hydrogen) atoms. The van der Waals surface area contributed by atoms with Crippen LogP contribution in [0.15, 0.2) is 12.4 Å². The van der Waals surface area contributed by atoms with Crippen LogP contribution in [0.2, 0.25) is 0 Å². The summed E-state index contributed by atoms with van der Waals surface area (Å²) in [4.78, 5) is 18.7. The van der Waals surface area contributed by atoms with E-state index >= 15 is 0 Å². The maximum atomic E-state index is 10.7. The molecule has 2 aromatic heterocycles. The van der Waals surface area contributed by atoms with Crippen molar-refractivity contribution in [3.63, 3.8) is 0 Å². The average Bonchev–Trinajstić information content (AvgIpc) is 2.97. The molecule has 0 unspecified atom stereocenters. The zero-order valence-corrected chi connectivity index (χ0v) is 9.20. The quantitative estimate of drug-likeness (QED) is 0.848. The minimum atomic E-state index is -1.13. The van der Waals surface area contributed by atoms with Gasteiger partial charge >= 0.3 is 5.97 Å². The summed E-state index contributed by atoms with van der Waals surface area (Å²) >= 11 is 0. The second-order valence-corrected chi connectivity index (χ2v) is 4.35. The highest BCUT2D eigenvalue weighted by molar-refractivity contribution is 5.83. The Morgan fingerprint density at radius 3 is 2.88 bits per heavy atom. The van der Waals surface area contributed by atoms with Crippen molar-refractivity contribution in [1.29, 1.82) is 0 Å². The minimum absolute atomic E-state index is 0.207. The SMILES string of the molecule is O=C(O)c1nc2ncc(C3CCCC3)cn2n1. The third kappa shape index (κ3) is 1.75. The lowest BCUT2D eigenvalue weighted by molar-refractivity contribution is 0.0684. The van der Waals surface area contributed by atoms with E-state index in [0.29, 0.717) is 11.7 Å². The third-order valence-electron chi connectivity index (χ3n) is 3.23. The summed E-state index contributed by atoms with van der Waals surface area (Å²) in [6.07, 6.45) is 8.48. The summed E-state index contributed by atoms with van der Waals surface area (Å²) in [7, 11) is 0. The first-order valence-corrected chi connectivity index (χ1v) is 5.69. The predicted molar refractivity (Wildman–Crippen MR) is 59.0 cm³/mol. The molecular weight excluding hydrogens is 220 g/mol. The molecule has 2 heterocycles. The number of aromatic carboxylic acids is 1. The molecule has 6 heteroatoms. The first kappa shape index (κ1) is 10.2. The Hall–Kier alpha value is -1.98. The molecule has 6 nitrogen and oxygen atoms in total. The number of hydrogen-bond donors (Lipinski definition) is 1. The van der Waals surface area contributed by atoms with Crippen LogP contribution in [0.1, 0.15) is 47.8 Å². The van der Waals surface area contributed by atoms with Crippen LogP contribution in [-0.2, 0) is 0 Å². The second-order valence-electron chi connectivity index (χ2n) is 4.35. The number of carboxylic acid groups (broad SMARTS) is 1. The molecule has 1 aliphatic carbocycles. The Balaban J connectivity index is 2.02. The fourth-order valence-electron chi connectivity index (χ4n) is 2.36. The number of aromatic nitrogens is 4. The van der Waals surface area contributed by atoms with Gasteiger partial charge in [0.15, 0.2) is 0 Å². The highest BCUT2D eigenvalue weighted by atomic mass is 16.4. The van der Waals surface area contributed by atoms with Crippen molar-refractivity contribution in [2.45, 2.75) is 31.6 Å². The van der Waals surface area contributed by atoms with Gasteiger partial charge in [0.25, 0.3) is 11.6 Å². The van der Waals surface area contributed by atoms with Gasteiger partial charge in [-0.05, 0) is 24.3 Å². The van der Waals surface area contributed by atoms with Crippen molar-refractivity contribution >= 4 is 11.7 Å². The molecule has 1 aliphatic rings. The summed E-state index contributed by atoms with van der Waals surface area (Å²) in [6.45, 7) is 0. The van der Waals surface area contributed by atoms with Gasteiger partial charge in [0.05, 0.1) is 0 Å². The van der Waals surface area contributed by atoms with E-state index in [4.69, 9.17) is 5.11 Å². The number of fused-ring (bicyclic) bond motifs is 1. The molecular formula is C11H12N4O2. The molecule has 0 radical (unpaired) electrons. The molecule has 0 bridgehead atoms. The summed E-state index contributed by atoms with van der Waals surface area (Å²) < 4.78 is 1.46. The zero-order chi connectivity index (χ0) is 11.8. The largest absolute Gasteiger partial charge is 0.475 e. The molecule has 0 amide bonds. The van der Waals surface area contributed by atoms with Gasteiger partial charge in [0.1, 0.15) is 0 Å². The lowest BCUT2D eigenvalue weighted by Gasteiger charge is -2.07. The van der Waals surface area contributed by atoms with Crippen LogP contribution in [0.4, 0.5) is 0 Å². The normalized spacial score (nSPS) is 16.7. The highest BCUT2D eigenvalue weighted by Gasteiger charge is 2.19. The van der Waals surface area contributed by atoms with Crippen molar-refractivity contribution in [2.75, 3.05) is 0 Å². The smallest absolute Gasteiger partial charge is 0.375 e. The Labute approximate surface area is 97.3 Å². The molecule has 0 saturated heterocycles. The molecule has 1 N–H and O–H groups in total. The Morgan fingerprint density at radius 1 is 1.41 bits per heavy atom. The topological polar surface area (TPSA) is 80.4 Å². The predicted octanol–water partition coefficient (Wildman–Crippen LogP) is 1.48. The van der Waals surface area contributed by atoms with E-state index in [1.165, 1.54) is 30.2 Å². The number of rotatable bonds is 2. The van der Waals surface area contributed by atoms with Crippen LogP contribution >= 0.6 is 0 Å². The van der Waals surface area contributed by atoms with E-state index in [1.54, 1.807) is 6.20 Å². The van der Waals surface area contributed by atoms with Gasteiger partial charge in [-0.25, -0.2) is 14.3 Å². The monoisotopic (exact) mass is 232 g/mol. The first-order valence-electron chi connectivity index (χ1n) is 5.69. The maximum absolute atomic E-state index is 10.7. The summed E-state index contributed by atoms with van der Waals surface area (Å²) in [5.74, 6) is -0.465. The Kier molecular flexibility index (Phi) is 2.28. The molecule has 0 spiro atoms.